The monoisotopic (exact) mass is 310 g/mol. The highest BCUT2D eigenvalue weighted by atomic mass is 35.5. The number of hydrogen-bond donors (Lipinski definition) is 0. The molecule has 0 aliphatic heterocycles. The lowest BCUT2D eigenvalue weighted by Gasteiger charge is -1.93. The average molecular weight is 311 g/mol. The molecule has 0 bridgehead atoms. The van der Waals surface area contributed by atoms with Crippen molar-refractivity contribution in [2.45, 2.75) is 10.1 Å². The second kappa shape index (κ2) is 5.68. The summed E-state index contributed by atoms with van der Waals surface area (Å²) >= 11 is 8.83. The number of thioether (sulfide) groups is 1. The predicted octanol–water partition coefficient (Wildman–Crippen LogP) is 3.53. The van der Waals surface area contributed by atoms with E-state index in [1.165, 1.54) is 23.1 Å². The van der Waals surface area contributed by atoms with Gasteiger partial charge in [-0.2, -0.15) is 4.98 Å². The lowest BCUT2D eigenvalue weighted by molar-refractivity contribution is 0.391. The zero-order chi connectivity index (χ0) is 13.1. The molecule has 2 aromatic heterocycles. The Morgan fingerprint density at radius 1 is 1.26 bits per heavy atom. The summed E-state index contributed by atoms with van der Waals surface area (Å²) in [6.45, 7) is 0. The minimum absolute atomic E-state index is 0.560. The first kappa shape index (κ1) is 12.6. The minimum atomic E-state index is 0.560. The van der Waals surface area contributed by atoms with Gasteiger partial charge in [0.05, 0.1) is 5.75 Å². The molecule has 0 N–H and O–H groups in total. The van der Waals surface area contributed by atoms with Crippen molar-refractivity contribution in [1.82, 2.24) is 20.3 Å². The van der Waals surface area contributed by atoms with E-state index in [1.54, 1.807) is 17.6 Å². The standard InChI is InChI=1S/C11H7ClN4OS2/c12-8-3-1-7(2-4-8)10-14-9(17-16-10)5-18-11-15-13-6-19-11/h1-4,6H,5H2. The van der Waals surface area contributed by atoms with Crippen LogP contribution in [-0.4, -0.2) is 20.3 Å². The topological polar surface area (TPSA) is 64.7 Å². The molecule has 0 spiro atoms. The highest BCUT2D eigenvalue weighted by Crippen LogP contribution is 2.24. The van der Waals surface area contributed by atoms with Crippen LogP contribution in [0.2, 0.25) is 5.02 Å². The van der Waals surface area contributed by atoms with Gasteiger partial charge in [0.25, 0.3) is 0 Å². The Bertz CT molecular complexity index is 654. The molecule has 0 saturated heterocycles. The van der Waals surface area contributed by atoms with E-state index in [0.717, 1.165) is 9.90 Å². The summed E-state index contributed by atoms with van der Waals surface area (Å²) in [5, 5.41) is 12.3. The summed E-state index contributed by atoms with van der Waals surface area (Å²) < 4.78 is 6.07. The maximum atomic E-state index is 5.83. The Morgan fingerprint density at radius 2 is 2.11 bits per heavy atom. The molecular formula is C11H7ClN4OS2. The van der Waals surface area contributed by atoms with E-state index >= 15 is 0 Å². The van der Waals surface area contributed by atoms with Gasteiger partial charge in [-0.05, 0) is 24.3 Å². The van der Waals surface area contributed by atoms with Crippen molar-refractivity contribution in [3.63, 3.8) is 0 Å². The fourth-order valence-corrected chi connectivity index (χ4v) is 2.83. The van der Waals surface area contributed by atoms with Crippen molar-refractivity contribution in [3.8, 4) is 11.4 Å². The molecule has 19 heavy (non-hydrogen) atoms. The summed E-state index contributed by atoms with van der Waals surface area (Å²) in [5.74, 6) is 1.70. The molecule has 2 heterocycles. The lowest BCUT2D eigenvalue weighted by Crippen LogP contribution is -1.82. The number of nitrogens with zero attached hydrogens (tertiary/aromatic N) is 4. The molecule has 0 amide bonds. The van der Waals surface area contributed by atoms with Crippen LogP contribution in [0.5, 0.6) is 0 Å². The number of aromatic nitrogens is 4. The number of halogens is 1. The Kier molecular flexibility index (Phi) is 3.77. The first-order valence-electron chi connectivity index (χ1n) is 5.29. The third-order valence-corrected chi connectivity index (χ3v) is 4.33. The predicted molar refractivity (Wildman–Crippen MR) is 74.2 cm³/mol. The molecule has 0 saturated carbocycles. The zero-order valence-electron chi connectivity index (χ0n) is 9.49. The van der Waals surface area contributed by atoms with Crippen LogP contribution in [0.25, 0.3) is 11.4 Å². The SMILES string of the molecule is Clc1ccc(-c2noc(CSc3nncs3)n2)cc1. The Hall–Kier alpha value is -1.44. The van der Waals surface area contributed by atoms with Crippen molar-refractivity contribution in [1.29, 1.82) is 0 Å². The first-order valence-corrected chi connectivity index (χ1v) is 7.53. The maximum Gasteiger partial charge on any atom is 0.237 e. The first-order chi connectivity index (χ1) is 9.31. The Morgan fingerprint density at radius 3 is 2.84 bits per heavy atom. The van der Waals surface area contributed by atoms with Crippen molar-refractivity contribution in [3.05, 3.63) is 40.7 Å². The van der Waals surface area contributed by atoms with E-state index < -0.39 is 0 Å². The summed E-state index contributed by atoms with van der Waals surface area (Å²) in [7, 11) is 0. The van der Waals surface area contributed by atoms with Gasteiger partial charge in [0.2, 0.25) is 11.7 Å². The van der Waals surface area contributed by atoms with Gasteiger partial charge in [0, 0.05) is 10.6 Å². The minimum Gasteiger partial charge on any atom is -0.338 e. The molecule has 3 aromatic rings. The van der Waals surface area contributed by atoms with Gasteiger partial charge < -0.3 is 4.52 Å². The second-order valence-corrected chi connectivity index (χ2v) is 6.00. The van der Waals surface area contributed by atoms with Gasteiger partial charge in [-0.15, -0.1) is 10.2 Å². The summed E-state index contributed by atoms with van der Waals surface area (Å²) in [6.07, 6.45) is 0. The smallest absolute Gasteiger partial charge is 0.237 e. The van der Waals surface area contributed by atoms with Crippen LogP contribution in [0.1, 0.15) is 5.89 Å². The molecule has 0 aliphatic carbocycles. The fourth-order valence-electron chi connectivity index (χ4n) is 1.38. The number of benzene rings is 1. The average Bonchev–Trinajstić information content (AvgIpc) is 3.09. The number of rotatable bonds is 4. The van der Waals surface area contributed by atoms with Crippen LogP contribution < -0.4 is 0 Å². The van der Waals surface area contributed by atoms with E-state index in [0.29, 0.717) is 22.5 Å². The zero-order valence-corrected chi connectivity index (χ0v) is 11.9. The van der Waals surface area contributed by atoms with Gasteiger partial charge in [0.15, 0.2) is 4.34 Å². The lowest BCUT2D eigenvalue weighted by atomic mass is 10.2. The van der Waals surface area contributed by atoms with Crippen LogP contribution in [0.3, 0.4) is 0 Å². The van der Waals surface area contributed by atoms with Crippen LogP contribution in [0.15, 0.2) is 38.6 Å². The molecule has 8 heteroatoms. The highest BCUT2D eigenvalue weighted by molar-refractivity contribution is 8.00. The van der Waals surface area contributed by atoms with Crippen molar-refractivity contribution >= 4 is 34.7 Å². The van der Waals surface area contributed by atoms with Gasteiger partial charge >= 0.3 is 0 Å². The third-order valence-electron chi connectivity index (χ3n) is 2.23. The molecule has 0 unspecified atom stereocenters. The largest absolute Gasteiger partial charge is 0.338 e. The van der Waals surface area contributed by atoms with Crippen LogP contribution >= 0.6 is 34.7 Å². The normalized spacial score (nSPS) is 10.8. The molecule has 1 aromatic carbocycles. The van der Waals surface area contributed by atoms with Gasteiger partial charge in [-0.25, -0.2) is 0 Å². The van der Waals surface area contributed by atoms with E-state index in [-0.39, 0.29) is 0 Å². The van der Waals surface area contributed by atoms with Crippen LogP contribution in [0.4, 0.5) is 0 Å². The van der Waals surface area contributed by atoms with E-state index in [2.05, 4.69) is 20.3 Å². The summed E-state index contributed by atoms with van der Waals surface area (Å²) in [5.41, 5.74) is 2.57. The van der Waals surface area contributed by atoms with E-state index in [1.807, 2.05) is 12.1 Å². The summed E-state index contributed by atoms with van der Waals surface area (Å²) in [6, 6.07) is 7.30. The van der Waals surface area contributed by atoms with Gasteiger partial charge in [-0.1, -0.05) is 39.9 Å². The summed E-state index contributed by atoms with van der Waals surface area (Å²) in [4.78, 5) is 4.32. The van der Waals surface area contributed by atoms with Crippen molar-refractivity contribution in [2.75, 3.05) is 0 Å². The maximum absolute atomic E-state index is 5.83. The highest BCUT2D eigenvalue weighted by Gasteiger charge is 2.09. The second-order valence-electron chi connectivity index (χ2n) is 3.51. The van der Waals surface area contributed by atoms with E-state index in [9.17, 15) is 0 Å². The van der Waals surface area contributed by atoms with Crippen molar-refractivity contribution < 1.29 is 4.52 Å². The number of hydrogen-bond acceptors (Lipinski definition) is 7. The third kappa shape index (κ3) is 3.12. The molecule has 96 valence electrons. The molecule has 5 nitrogen and oxygen atoms in total. The van der Waals surface area contributed by atoms with Crippen LogP contribution in [-0.2, 0) is 5.75 Å². The fraction of sp³-hybridized carbons (Fsp3) is 0.0909. The van der Waals surface area contributed by atoms with Crippen LogP contribution in [0, 0.1) is 0 Å². The van der Waals surface area contributed by atoms with Gasteiger partial charge in [-0.3, -0.25) is 0 Å². The van der Waals surface area contributed by atoms with Crippen molar-refractivity contribution in [2.24, 2.45) is 0 Å². The van der Waals surface area contributed by atoms with E-state index in [4.69, 9.17) is 16.1 Å². The molecule has 0 fully saturated rings. The quantitative estimate of drug-likeness (QED) is 0.687. The molecule has 0 atom stereocenters. The molecule has 0 aliphatic rings. The Labute approximate surface area is 122 Å². The molecule has 0 radical (unpaired) electrons. The molecule has 3 rings (SSSR count). The van der Waals surface area contributed by atoms with Gasteiger partial charge in [0.1, 0.15) is 5.51 Å². The Balaban J connectivity index is 1.70. The molecular weight excluding hydrogens is 304 g/mol.